The molecule has 0 saturated carbocycles. The van der Waals surface area contributed by atoms with Gasteiger partial charge in [-0.25, -0.2) is 0 Å². The molecule has 0 unspecified atom stereocenters. The molecule has 0 saturated heterocycles. The van der Waals surface area contributed by atoms with Crippen molar-refractivity contribution < 1.29 is 0 Å². The Morgan fingerprint density at radius 1 is 0.237 bits per heavy atom. The van der Waals surface area contributed by atoms with E-state index in [4.69, 9.17) is 0 Å². The quantitative estimate of drug-likeness (QED) is 0.0469. The van der Waals surface area contributed by atoms with E-state index in [0.717, 1.165) is 15.4 Å². The van der Waals surface area contributed by atoms with Crippen molar-refractivity contribution in [2.75, 3.05) is 0 Å². The molecule has 0 heterocycles. The van der Waals surface area contributed by atoms with Crippen LogP contribution in [0.4, 0.5) is 0 Å². The molecule has 12 rings (SSSR count). The summed E-state index contributed by atoms with van der Waals surface area (Å²) >= 11 is 15.1. The predicted octanol–water partition coefficient (Wildman–Crippen LogP) is 25.7. The molecule has 0 N–H and O–H groups in total. The van der Waals surface area contributed by atoms with Crippen LogP contribution in [-0.4, -0.2) is 0 Å². The molecule has 0 amide bonds. The van der Waals surface area contributed by atoms with Crippen LogP contribution >= 0.6 is 63.7 Å². The maximum atomic E-state index is 3.87. The van der Waals surface area contributed by atoms with Crippen LogP contribution in [0.5, 0.6) is 0 Å². The Bertz CT molecular complexity index is 3760. The zero-order chi connectivity index (χ0) is 52.4. The summed E-state index contributed by atoms with van der Waals surface area (Å²) < 4.78 is 4.69. The standard InChI is InChI=1S/C28H31Br3.C28H34.C16H9Br/c1-2-3-4-5-6-7-8-9-10-11-12-19-17-24(29)21-15-16-23-26(31)18-25(30)22-14-13-20(19)27(21)28(22)23;1-2-3-4-5-6-7-8-9-10-11-13-22-16-17-25-19-18-23-14-12-15-24-20-21-26(22)28(25)27(23)24;17-14-9-7-12-5-4-10-2-1-3-11-6-8-13(14)16(12)15(10)11/h13-18H,2-12H2,1H3;12,14-21H,2-11,13H2,1H3;1-9H. The highest BCUT2D eigenvalue weighted by atomic mass is 79.9. The normalized spacial score (nSPS) is 11.9. The molecule has 0 bridgehead atoms. The molecule has 0 aliphatic carbocycles. The van der Waals surface area contributed by atoms with E-state index in [9.17, 15) is 0 Å². The summed E-state index contributed by atoms with van der Waals surface area (Å²) in [5.74, 6) is 0. The first-order valence-corrected chi connectivity index (χ1v) is 32.2. The molecule has 0 fully saturated rings. The molecular weight excluding hydrogens is 1180 g/mol. The molecular formula is C72H74Br4. The van der Waals surface area contributed by atoms with Gasteiger partial charge in [-0.1, -0.05) is 321 Å². The lowest BCUT2D eigenvalue weighted by atomic mass is 9.90. The van der Waals surface area contributed by atoms with Gasteiger partial charge >= 0.3 is 0 Å². The van der Waals surface area contributed by atoms with E-state index in [1.807, 2.05) is 0 Å². The van der Waals surface area contributed by atoms with Gasteiger partial charge in [0.05, 0.1) is 0 Å². The fourth-order valence-electron chi connectivity index (χ4n) is 12.5. The highest BCUT2D eigenvalue weighted by Gasteiger charge is 2.17. The second-order valence-corrected chi connectivity index (χ2v) is 25.2. The summed E-state index contributed by atoms with van der Waals surface area (Å²) in [4.78, 5) is 0. The Balaban J connectivity index is 0.000000134. The van der Waals surface area contributed by atoms with Gasteiger partial charge in [0, 0.05) is 17.9 Å². The fraction of sp³-hybridized carbons (Fsp3) is 0.333. The van der Waals surface area contributed by atoms with E-state index >= 15 is 0 Å². The van der Waals surface area contributed by atoms with Gasteiger partial charge in [-0.3, -0.25) is 0 Å². The first kappa shape index (κ1) is 55.0. The average molecular weight is 1260 g/mol. The minimum Gasteiger partial charge on any atom is -0.0654 e. The number of benzene rings is 12. The lowest BCUT2D eigenvalue weighted by Gasteiger charge is -2.17. The second kappa shape index (κ2) is 26.6. The van der Waals surface area contributed by atoms with Gasteiger partial charge in [-0.05, 0) is 152 Å². The first-order valence-electron chi connectivity index (χ1n) is 29.1. The van der Waals surface area contributed by atoms with Gasteiger partial charge < -0.3 is 0 Å². The number of hydrogen-bond donors (Lipinski definition) is 0. The van der Waals surface area contributed by atoms with Crippen molar-refractivity contribution in [3.05, 3.63) is 175 Å². The largest absolute Gasteiger partial charge is 0.0654 e. The zero-order valence-electron chi connectivity index (χ0n) is 44.9. The minimum absolute atomic E-state index is 1.15. The van der Waals surface area contributed by atoms with Crippen LogP contribution in [0, 0.1) is 0 Å². The lowest BCUT2D eigenvalue weighted by Crippen LogP contribution is -1.93. The van der Waals surface area contributed by atoms with Gasteiger partial charge in [-0.15, -0.1) is 0 Å². The molecule has 12 aromatic rings. The Hall–Kier alpha value is -4.32. The third-order valence-electron chi connectivity index (χ3n) is 16.5. The minimum atomic E-state index is 1.15. The van der Waals surface area contributed by atoms with Crippen LogP contribution in [0.25, 0.3) is 97.0 Å². The molecule has 390 valence electrons. The summed E-state index contributed by atoms with van der Waals surface area (Å²) in [7, 11) is 0. The highest BCUT2D eigenvalue weighted by molar-refractivity contribution is 9.11. The zero-order valence-corrected chi connectivity index (χ0v) is 51.3. The molecule has 12 aromatic carbocycles. The van der Waals surface area contributed by atoms with Crippen LogP contribution in [0.3, 0.4) is 0 Å². The Labute approximate surface area is 486 Å². The Morgan fingerprint density at radius 2 is 0.539 bits per heavy atom. The van der Waals surface area contributed by atoms with Crippen molar-refractivity contribution >= 4 is 161 Å². The monoisotopic (exact) mass is 1250 g/mol. The average Bonchev–Trinajstić information content (AvgIpc) is 3.58. The summed E-state index contributed by atoms with van der Waals surface area (Å²) in [5.41, 5.74) is 3.01. The van der Waals surface area contributed by atoms with E-state index < -0.39 is 0 Å². The Kier molecular flexibility index (Phi) is 19.2. The van der Waals surface area contributed by atoms with Crippen molar-refractivity contribution in [2.24, 2.45) is 0 Å². The van der Waals surface area contributed by atoms with Crippen molar-refractivity contribution in [1.29, 1.82) is 0 Å². The molecule has 0 nitrogen and oxygen atoms in total. The van der Waals surface area contributed by atoms with Crippen LogP contribution in [0.2, 0.25) is 0 Å². The van der Waals surface area contributed by atoms with E-state index in [-0.39, 0.29) is 0 Å². The molecule has 0 atom stereocenters. The van der Waals surface area contributed by atoms with Gasteiger partial charge in [0.2, 0.25) is 0 Å². The smallest absolute Gasteiger partial charge is 0.0265 e. The molecule has 0 aliphatic rings. The van der Waals surface area contributed by atoms with Gasteiger partial charge in [0.25, 0.3) is 0 Å². The number of aryl methyl sites for hydroxylation is 2. The first-order chi connectivity index (χ1) is 37.3. The molecule has 0 spiro atoms. The maximum Gasteiger partial charge on any atom is 0.0265 e. The van der Waals surface area contributed by atoms with E-state index in [2.05, 4.69) is 223 Å². The number of rotatable bonds is 22. The highest BCUT2D eigenvalue weighted by Crippen LogP contribution is 2.45. The third-order valence-corrected chi connectivity index (χ3v) is 19.2. The van der Waals surface area contributed by atoms with Crippen molar-refractivity contribution in [3.8, 4) is 0 Å². The summed E-state index contributed by atoms with van der Waals surface area (Å²) in [5, 5.41) is 24.6. The van der Waals surface area contributed by atoms with E-state index in [1.165, 1.54) is 252 Å². The van der Waals surface area contributed by atoms with Gasteiger partial charge in [0.15, 0.2) is 0 Å². The predicted molar refractivity (Wildman–Crippen MR) is 352 cm³/mol. The summed E-state index contributed by atoms with van der Waals surface area (Å²) in [6.07, 6.45) is 30.2. The van der Waals surface area contributed by atoms with Crippen LogP contribution in [-0.2, 0) is 12.8 Å². The fourth-order valence-corrected chi connectivity index (χ4v) is 15.0. The third kappa shape index (κ3) is 12.3. The molecule has 76 heavy (non-hydrogen) atoms. The molecule has 0 aromatic heterocycles. The van der Waals surface area contributed by atoms with E-state index in [0.29, 0.717) is 0 Å². The molecule has 4 heteroatoms. The van der Waals surface area contributed by atoms with Crippen LogP contribution < -0.4 is 0 Å². The maximum absolute atomic E-state index is 3.87. The van der Waals surface area contributed by atoms with Gasteiger partial charge in [-0.2, -0.15) is 0 Å². The second-order valence-electron chi connectivity index (χ2n) is 21.8. The molecule has 0 aliphatic heterocycles. The molecule has 0 radical (unpaired) electrons. The topological polar surface area (TPSA) is 0 Å². The Morgan fingerprint density at radius 3 is 1.03 bits per heavy atom. The number of unbranched alkanes of at least 4 members (excludes halogenated alkanes) is 18. The van der Waals surface area contributed by atoms with Crippen molar-refractivity contribution in [2.45, 2.75) is 155 Å². The van der Waals surface area contributed by atoms with Crippen molar-refractivity contribution in [1.82, 2.24) is 0 Å². The lowest BCUT2D eigenvalue weighted by molar-refractivity contribution is 0.556. The van der Waals surface area contributed by atoms with Crippen molar-refractivity contribution in [3.63, 3.8) is 0 Å². The summed E-state index contributed by atoms with van der Waals surface area (Å²) in [6, 6.07) is 53.9. The van der Waals surface area contributed by atoms with E-state index in [1.54, 1.807) is 0 Å². The number of hydrogen-bond acceptors (Lipinski definition) is 0. The van der Waals surface area contributed by atoms with Crippen LogP contribution in [0.15, 0.2) is 163 Å². The summed E-state index contributed by atoms with van der Waals surface area (Å²) in [6.45, 7) is 4.58. The van der Waals surface area contributed by atoms with Gasteiger partial charge in [0.1, 0.15) is 0 Å². The van der Waals surface area contributed by atoms with Crippen LogP contribution in [0.1, 0.15) is 153 Å². The number of halogens is 4. The SMILES string of the molecule is Brc1ccc2ccc3cccc4ccc1c2c34.CCCCCCCCCCCCc1cc(Br)c2ccc3c(Br)cc(Br)c4ccc1c2c34.CCCCCCCCCCCCc1ccc2ccc3cccc4ccc1c2c34.